The quantitative estimate of drug-likeness (QED) is 0.800. The summed E-state index contributed by atoms with van der Waals surface area (Å²) in [7, 11) is 0. The van der Waals surface area contributed by atoms with Crippen molar-refractivity contribution in [2.75, 3.05) is 10.6 Å². The largest absolute Gasteiger partial charge is 0.373 e. The van der Waals surface area contributed by atoms with Crippen molar-refractivity contribution < 1.29 is 4.79 Å². The molecule has 1 aliphatic rings. The Morgan fingerprint density at radius 2 is 2.00 bits per heavy atom. The lowest BCUT2D eigenvalue weighted by atomic mass is 10.1. The lowest BCUT2D eigenvalue weighted by molar-refractivity contribution is -0.116. The van der Waals surface area contributed by atoms with E-state index in [1.54, 1.807) is 0 Å². The van der Waals surface area contributed by atoms with Crippen LogP contribution in [0.1, 0.15) is 5.56 Å². The molecule has 2 aromatic carbocycles. The second kappa shape index (κ2) is 5.58. The van der Waals surface area contributed by atoms with Crippen molar-refractivity contribution in [1.29, 1.82) is 0 Å². The van der Waals surface area contributed by atoms with Gasteiger partial charge in [0.25, 0.3) is 0 Å². The van der Waals surface area contributed by atoms with Crippen LogP contribution in [0.4, 0.5) is 11.4 Å². The lowest BCUT2D eigenvalue weighted by Crippen LogP contribution is -2.32. The minimum atomic E-state index is -0.219. The van der Waals surface area contributed by atoms with Crippen molar-refractivity contribution in [1.82, 2.24) is 0 Å². The molecule has 3 rings (SSSR count). The minimum Gasteiger partial charge on any atom is -0.373 e. The zero-order valence-electron chi connectivity index (χ0n) is 10.5. The predicted octanol–water partition coefficient (Wildman–Crippen LogP) is 4.19. The van der Waals surface area contributed by atoms with Crippen molar-refractivity contribution >= 4 is 49.1 Å². The molecule has 0 aliphatic carbocycles. The van der Waals surface area contributed by atoms with Gasteiger partial charge in [-0.25, -0.2) is 0 Å². The molecule has 0 saturated heterocycles. The second-order valence-electron chi connectivity index (χ2n) is 4.67. The van der Waals surface area contributed by atoms with Gasteiger partial charge in [-0.05, 0) is 45.8 Å². The van der Waals surface area contributed by atoms with Crippen LogP contribution in [-0.2, 0) is 11.2 Å². The minimum absolute atomic E-state index is 0.0239. The second-order valence-corrected chi connectivity index (χ2v) is 6.44. The van der Waals surface area contributed by atoms with Crippen LogP contribution < -0.4 is 10.6 Å². The molecule has 0 bridgehead atoms. The first-order valence-electron chi connectivity index (χ1n) is 6.24. The number of carbonyl (C=O) groups is 1. The summed E-state index contributed by atoms with van der Waals surface area (Å²) in [6, 6.07) is 13.5. The summed E-state index contributed by atoms with van der Waals surface area (Å²) >= 11 is 6.84. The average molecular weight is 396 g/mol. The van der Waals surface area contributed by atoms with E-state index in [4.69, 9.17) is 0 Å². The zero-order chi connectivity index (χ0) is 14.1. The Labute approximate surface area is 134 Å². The van der Waals surface area contributed by atoms with Gasteiger partial charge < -0.3 is 10.6 Å². The van der Waals surface area contributed by atoms with Gasteiger partial charge in [0.05, 0.1) is 5.69 Å². The van der Waals surface area contributed by atoms with Gasteiger partial charge in [0.1, 0.15) is 6.04 Å². The summed E-state index contributed by atoms with van der Waals surface area (Å²) in [5.41, 5.74) is 3.00. The Hall–Kier alpha value is -1.33. The molecular weight excluding hydrogens is 384 g/mol. The molecule has 2 aromatic rings. The smallest absolute Gasteiger partial charge is 0.247 e. The van der Waals surface area contributed by atoms with Crippen molar-refractivity contribution in [2.45, 2.75) is 12.5 Å². The highest BCUT2D eigenvalue weighted by Crippen LogP contribution is 2.28. The zero-order valence-corrected chi connectivity index (χ0v) is 13.7. The average Bonchev–Trinajstić information content (AvgIpc) is 2.86. The van der Waals surface area contributed by atoms with Crippen LogP contribution in [0.2, 0.25) is 0 Å². The molecule has 0 fully saturated rings. The van der Waals surface area contributed by atoms with Gasteiger partial charge in [-0.3, -0.25) is 4.79 Å². The van der Waals surface area contributed by atoms with E-state index in [2.05, 4.69) is 42.5 Å². The third-order valence-corrected chi connectivity index (χ3v) is 4.43. The van der Waals surface area contributed by atoms with E-state index < -0.39 is 0 Å². The molecule has 0 saturated carbocycles. The Morgan fingerprint density at radius 1 is 1.20 bits per heavy atom. The van der Waals surface area contributed by atoms with Crippen molar-refractivity contribution in [3.63, 3.8) is 0 Å². The number of hydrogen-bond acceptors (Lipinski definition) is 2. The van der Waals surface area contributed by atoms with Crippen LogP contribution in [0.25, 0.3) is 0 Å². The summed E-state index contributed by atoms with van der Waals surface area (Å²) in [6.45, 7) is 0. The van der Waals surface area contributed by atoms with Gasteiger partial charge in [0, 0.05) is 21.1 Å². The number of para-hydroxylation sites is 1. The third-order valence-electron chi connectivity index (χ3n) is 3.28. The maximum Gasteiger partial charge on any atom is 0.247 e. The number of benzene rings is 2. The highest BCUT2D eigenvalue weighted by molar-refractivity contribution is 9.11. The van der Waals surface area contributed by atoms with Crippen LogP contribution in [0, 0.1) is 0 Å². The van der Waals surface area contributed by atoms with E-state index in [9.17, 15) is 4.79 Å². The first-order chi connectivity index (χ1) is 9.63. The summed E-state index contributed by atoms with van der Waals surface area (Å²) in [6.07, 6.45) is 0.718. The van der Waals surface area contributed by atoms with Gasteiger partial charge >= 0.3 is 0 Å². The number of amides is 1. The van der Waals surface area contributed by atoms with E-state index in [-0.39, 0.29) is 11.9 Å². The first-order valence-corrected chi connectivity index (χ1v) is 7.82. The molecule has 1 unspecified atom stereocenters. The monoisotopic (exact) mass is 394 g/mol. The Bertz CT molecular complexity index is 648. The van der Waals surface area contributed by atoms with Crippen LogP contribution in [0.15, 0.2) is 51.4 Å². The number of nitrogens with one attached hydrogen (secondary N) is 2. The Balaban J connectivity index is 1.72. The first kappa shape index (κ1) is 13.6. The van der Waals surface area contributed by atoms with Gasteiger partial charge in [-0.1, -0.05) is 34.1 Å². The van der Waals surface area contributed by atoms with E-state index in [1.807, 2.05) is 42.5 Å². The molecule has 0 aromatic heterocycles. The maximum absolute atomic E-state index is 12.3. The fourth-order valence-electron chi connectivity index (χ4n) is 2.27. The molecule has 20 heavy (non-hydrogen) atoms. The van der Waals surface area contributed by atoms with Crippen LogP contribution in [0.3, 0.4) is 0 Å². The van der Waals surface area contributed by atoms with E-state index in [0.29, 0.717) is 0 Å². The maximum atomic E-state index is 12.3. The van der Waals surface area contributed by atoms with Crippen LogP contribution >= 0.6 is 31.9 Å². The summed E-state index contributed by atoms with van der Waals surface area (Å²) < 4.78 is 1.82. The Morgan fingerprint density at radius 3 is 2.75 bits per heavy atom. The van der Waals surface area contributed by atoms with E-state index >= 15 is 0 Å². The fourth-order valence-corrected chi connectivity index (χ4v) is 3.41. The molecule has 0 spiro atoms. The molecule has 5 heteroatoms. The molecule has 1 aliphatic heterocycles. The highest BCUT2D eigenvalue weighted by atomic mass is 79.9. The molecule has 3 nitrogen and oxygen atoms in total. The van der Waals surface area contributed by atoms with Crippen LogP contribution in [-0.4, -0.2) is 11.9 Å². The third kappa shape index (κ3) is 2.74. The summed E-state index contributed by atoms with van der Waals surface area (Å²) in [5, 5.41) is 6.19. The lowest BCUT2D eigenvalue weighted by Gasteiger charge is -2.13. The summed E-state index contributed by atoms with van der Waals surface area (Å²) in [5.74, 6) is -0.0239. The van der Waals surface area contributed by atoms with E-state index in [1.165, 1.54) is 5.56 Å². The molecule has 1 heterocycles. The number of carbonyl (C=O) groups excluding carboxylic acids is 1. The van der Waals surface area contributed by atoms with Gasteiger partial charge in [-0.2, -0.15) is 0 Å². The Kier molecular flexibility index (Phi) is 3.81. The molecular formula is C15H12Br2N2O. The van der Waals surface area contributed by atoms with Crippen molar-refractivity contribution in [3.8, 4) is 0 Å². The van der Waals surface area contributed by atoms with Crippen molar-refractivity contribution in [2.24, 2.45) is 0 Å². The standard InChI is InChI=1S/C15H12Br2N2O/c16-10-5-6-13(11(17)8-10)19-15(20)14-7-9-3-1-2-4-12(9)18-14/h1-6,8,14,18H,7H2,(H,19,20). The fraction of sp³-hybridized carbons (Fsp3) is 0.133. The number of halogens is 2. The highest BCUT2D eigenvalue weighted by Gasteiger charge is 2.26. The molecule has 2 N–H and O–H groups in total. The predicted molar refractivity (Wildman–Crippen MR) is 88.0 cm³/mol. The van der Waals surface area contributed by atoms with E-state index in [0.717, 1.165) is 26.7 Å². The number of rotatable bonds is 2. The molecule has 1 atom stereocenters. The van der Waals surface area contributed by atoms with Gasteiger partial charge in [0.15, 0.2) is 0 Å². The SMILES string of the molecule is O=C(Nc1ccc(Br)cc1Br)C1Cc2ccccc2N1. The van der Waals surface area contributed by atoms with Gasteiger partial charge in [0.2, 0.25) is 5.91 Å². The summed E-state index contributed by atoms with van der Waals surface area (Å²) in [4.78, 5) is 12.3. The number of hydrogen-bond donors (Lipinski definition) is 2. The van der Waals surface area contributed by atoms with Crippen LogP contribution in [0.5, 0.6) is 0 Å². The topological polar surface area (TPSA) is 41.1 Å². The molecule has 1 amide bonds. The number of fused-ring (bicyclic) bond motifs is 1. The molecule has 0 radical (unpaired) electrons. The van der Waals surface area contributed by atoms with Gasteiger partial charge in [-0.15, -0.1) is 0 Å². The van der Waals surface area contributed by atoms with Crippen molar-refractivity contribution in [3.05, 3.63) is 57.0 Å². The molecule has 102 valence electrons. The number of anilines is 2. The normalized spacial score (nSPS) is 16.4.